The minimum absolute atomic E-state index is 0.0661. The van der Waals surface area contributed by atoms with E-state index in [0.717, 1.165) is 6.08 Å². The number of carbonyl (C=O) groups is 1. The molecule has 15 heavy (non-hydrogen) atoms. The number of phenolic OH excluding ortho intramolecular Hbond substituents is 1. The number of allylic oxidation sites excluding steroid dienone is 2. The third-order valence-electron chi connectivity index (χ3n) is 1.63. The maximum Gasteiger partial charge on any atom is 0.187 e. The molecule has 1 rings (SSSR count). The van der Waals surface area contributed by atoms with Crippen molar-refractivity contribution in [3.8, 4) is 5.75 Å². The number of rotatable bonds is 3. The van der Waals surface area contributed by atoms with Gasteiger partial charge in [-0.15, -0.1) is 0 Å². The Kier molecular flexibility index (Phi) is 4.45. The van der Waals surface area contributed by atoms with Gasteiger partial charge in [0, 0.05) is 11.6 Å². The number of benzene rings is 1. The zero-order valence-corrected chi connectivity index (χ0v) is 9.72. The van der Waals surface area contributed by atoms with Crippen molar-refractivity contribution in [2.75, 3.05) is 0 Å². The zero-order chi connectivity index (χ0) is 11.4. The first-order chi connectivity index (χ1) is 7.00. The number of ketones is 1. The number of halogens is 3. The Bertz CT molecular complexity index is 382. The summed E-state index contributed by atoms with van der Waals surface area (Å²) in [6.45, 7) is 0. The first-order valence-electron chi connectivity index (χ1n) is 3.99. The Balaban J connectivity index is 2.86. The Morgan fingerprint density at radius 3 is 2.27 bits per heavy atom. The van der Waals surface area contributed by atoms with Crippen molar-refractivity contribution in [1.82, 2.24) is 0 Å². The van der Waals surface area contributed by atoms with E-state index >= 15 is 0 Å². The van der Waals surface area contributed by atoms with Crippen LogP contribution in [0.2, 0.25) is 0 Å². The van der Waals surface area contributed by atoms with E-state index in [9.17, 15) is 4.79 Å². The van der Waals surface area contributed by atoms with Crippen molar-refractivity contribution in [1.29, 1.82) is 0 Å². The first-order valence-corrected chi connectivity index (χ1v) is 5.24. The number of aromatic hydroxyl groups is 1. The Hall–Kier alpha value is -0.700. The summed E-state index contributed by atoms with van der Waals surface area (Å²) in [4.78, 5) is 10.6. The molecule has 0 aliphatic heterocycles. The normalized spacial score (nSPS) is 11.9. The predicted octanol–water partition coefficient (Wildman–Crippen LogP) is 3.50. The molecule has 80 valence electrons. The highest BCUT2D eigenvalue weighted by atomic mass is 35.5. The summed E-state index contributed by atoms with van der Waals surface area (Å²) in [7, 11) is 0. The fourth-order valence-corrected chi connectivity index (χ4v) is 1.12. The average Bonchev–Trinajstić information content (AvgIpc) is 2.18. The van der Waals surface area contributed by atoms with Gasteiger partial charge in [0.1, 0.15) is 10.6 Å². The highest BCUT2D eigenvalue weighted by Gasteiger charge is 2.08. The van der Waals surface area contributed by atoms with E-state index in [1.54, 1.807) is 0 Å². The lowest BCUT2D eigenvalue weighted by Gasteiger charge is -1.99. The van der Waals surface area contributed by atoms with Gasteiger partial charge in [0.15, 0.2) is 5.78 Å². The van der Waals surface area contributed by atoms with E-state index in [1.807, 2.05) is 0 Å². The van der Waals surface area contributed by atoms with Crippen molar-refractivity contribution in [3.63, 3.8) is 0 Å². The second-order valence-corrected chi connectivity index (χ2v) is 4.27. The maximum atomic E-state index is 11.5. The third-order valence-corrected chi connectivity index (χ3v) is 2.65. The molecule has 0 bridgehead atoms. The zero-order valence-electron chi connectivity index (χ0n) is 7.45. The molecule has 0 aliphatic rings. The summed E-state index contributed by atoms with van der Waals surface area (Å²) in [5, 5.41) is 9.08. The van der Waals surface area contributed by atoms with Gasteiger partial charge in [-0.1, -0.05) is 34.8 Å². The second kappa shape index (κ2) is 5.40. The van der Waals surface area contributed by atoms with E-state index < -0.39 is 4.84 Å². The van der Waals surface area contributed by atoms with E-state index in [1.165, 1.54) is 24.3 Å². The van der Waals surface area contributed by atoms with Crippen LogP contribution in [0.15, 0.2) is 35.4 Å². The molecular formula is C10H7Cl3O2. The number of carbonyl (C=O) groups excluding carboxylic acids is 1. The summed E-state index contributed by atoms with van der Waals surface area (Å²) < 4.78 is 0. The quantitative estimate of drug-likeness (QED) is 0.516. The molecule has 0 saturated carbocycles. The highest BCUT2D eigenvalue weighted by molar-refractivity contribution is 6.52. The van der Waals surface area contributed by atoms with Crippen LogP contribution in [0.25, 0.3) is 0 Å². The van der Waals surface area contributed by atoms with Gasteiger partial charge in [-0.2, -0.15) is 0 Å². The van der Waals surface area contributed by atoms with Gasteiger partial charge in [0.2, 0.25) is 0 Å². The molecule has 2 nitrogen and oxygen atoms in total. The van der Waals surface area contributed by atoms with Gasteiger partial charge in [-0.25, -0.2) is 0 Å². The molecule has 0 atom stereocenters. The molecule has 1 aromatic carbocycles. The van der Waals surface area contributed by atoms with Crippen LogP contribution < -0.4 is 0 Å². The minimum atomic E-state index is -0.910. The highest BCUT2D eigenvalue weighted by Crippen LogP contribution is 2.19. The molecule has 0 amide bonds. The summed E-state index contributed by atoms with van der Waals surface area (Å²) in [6.07, 6.45) is 1.15. The third kappa shape index (κ3) is 3.74. The lowest BCUT2D eigenvalue weighted by molar-refractivity contribution is 0.104. The van der Waals surface area contributed by atoms with Crippen LogP contribution in [0.1, 0.15) is 10.4 Å². The van der Waals surface area contributed by atoms with Gasteiger partial charge in [-0.05, 0) is 24.3 Å². The van der Waals surface area contributed by atoms with Gasteiger partial charge in [0.25, 0.3) is 0 Å². The topological polar surface area (TPSA) is 37.3 Å². The van der Waals surface area contributed by atoms with Gasteiger partial charge in [-0.3, -0.25) is 4.79 Å². The number of phenols is 1. The van der Waals surface area contributed by atoms with Crippen molar-refractivity contribution in [2.24, 2.45) is 0 Å². The summed E-state index contributed by atoms with van der Waals surface area (Å²) >= 11 is 16.5. The van der Waals surface area contributed by atoms with Crippen LogP contribution in [0, 0.1) is 0 Å². The fraction of sp³-hybridized carbons (Fsp3) is 0.100. The van der Waals surface area contributed by atoms with Gasteiger partial charge >= 0.3 is 0 Å². The standard InChI is InChI=1S/C10H7Cl3O2/c11-8(10(12)13)5-9(15)6-1-3-7(14)4-2-6/h1-5,10,14H. The van der Waals surface area contributed by atoms with Crippen molar-refractivity contribution >= 4 is 40.6 Å². The predicted molar refractivity (Wildman–Crippen MR) is 61.9 cm³/mol. The Morgan fingerprint density at radius 1 is 1.27 bits per heavy atom. The molecule has 0 unspecified atom stereocenters. The molecule has 0 spiro atoms. The van der Waals surface area contributed by atoms with Crippen LogP contribution >= 0.6 is 34.8 Å². The molecule has 1 aromatic rings. The lowest BCUT2D eigenvalue weighted by Crippen LogP contribution is -1.97. The second-order valence-electron chi connectivity index (χ2n) is 2.74. The average molecular weight is 266 g/mol. The summed E-state index contributed by atoms with van der Waals surface area (Å²) in [5.41, 5.74) is 0.403. The van der Waals surface area contributed by atoms with Crippen LogP contribution in [-0.2, 0) is 0 Å². The molecule has 0 aliphatic carbocycles. The first kappa shape index (κ1) is 12.4. The van der Waals surface area contributed by atoms with Crippen molar-refractivity contribution < 1.29 is 9.90 Å². The van der Waals surface area contributed by atoms with Gasteiger partial charge < -0.3 is 5.11 Å². The van der Waals surface area contributed by atoms with Crippen molar-refractivity contribution in [2.45, 2.75) is 4.84 Å². The van der Waals surface area contributed by atoms with Crippen LogP contribution in [-0.4, -0.2) is 15.7 Å². The largest absolute Gasteiger partial charge is 0.508 e. The van der Waals surface area contributed by atoms with E-state index in [0.29, 0.717) is 5.56 Å². The smallest absolute Gasteiger partial charge is 0.187 e. The Morgan fingerprint density at radius 2 is 1.80 bits per heavy atom. The van der Waals surface area contributed by atoms with Crippen LogP contribution in [0.5, 0.6) is 5.75 Å². The Labute approximate surface area is 102 Å². The van der Waals surface area contributed by atoms with Gasteiger partial charge in [0.05, 0.1) is 5.03 Å². The van der Waals surface area contributed by atoms with Crippen molar-refractivity contribution in [3.05, 3.63) is 40.9 Å². The molecular weight excluding hydrogens is 258 g/mol. The van der Waals surface area contributed by atoms with E-state index in [4.69, 9.17) is 39.9 Å². The molecule has 0 radical (unpaired) electrons. The molecule has 0 aromatic heterocycles. The lowest BCUT2D eigenvalue weighted by atomic mass is 10.1. The monoisotopic (exact) mass is 264 g/mol. The molecule has 1 N–H and O–H groups in total. The summed E-state index contributed by atoms with van der Waals surface area (Å²) in [5.74, 6) is -0.222. The van der Waals surface area contributed by atoms with Crippen LogP contribution in [0.4, 0.5) is 0 Å². The van der Waals surface area contributed by atoms with E-state index in [-0.39, 0.29) is 16.6 Å². The molecule has 0 fully saturated rings. The molecule has 0 heterocycles. The minimum Gasteiger partial charge on any atom is -0.508 e. The SMILES string of the molecule is O=C(C=C(Cl)C(Cl)Cl)c1ccc(O)cc1. The maximum absolute atomic E-state index is 11.5. The van der Waals surface area contributed by atoms with Crippen LogP contribution in [0.3, 0.4) is 0 Å². The molecule has 5 heteroatoms. The number of hydrogen-bond donors (Lipinski definition) is 1. The number of hydrogen-bond acceptors (Lipinski definition) is 2. The molecule has 0 saturated heterocycles. The van der Waals surface area contributed by atoms with E-state index in [2.05, 4.69) is 0 Å². The summed E-state index contributed by atoms with van der Waals surface area (Å²) in [6, 6.07) is 5.79. The number of alkyl halides is 2. The fourth-order valence-electron chi connectivity index (χ4n) is 0.897.